The Morgan fingerprint density at radius 3 is 2.81 bits per heavy atom. The zero-order valence-electron chi connectivity index (χ0n) is 18.2. The Morgan fingerprint density at radius 2 is 2.09 bits per heavy atom. The smallest absolute Gasteiger partial charge is 0.254 e. The van der Waals surface area contributed by atoms with Gasteiger partial charge in [-0.2, -0.15) is 0 Å². The van der Waals surface area contributed by atoms with Crippen molar-refractivity contribution in [2.75, 3.05) is 26.2 Å². The second kappa shape index (κ2) is 9.50. The van der Waals surface area contributed by atoms with Crippen molar-refractivity contribution >= 4 is 5.91 Å². The van der Waals surface area contributed by atoms with Gasteiger partial charge in [0.1, 0.15) is 12.4 Å². The number of ether oxygens (including phenoxy) is 1. The first-order valence-corrected chi connectivity index (χ1v) is 11.2. The predicted molar refractivity (Wildman–Crippen MR) is 115 cm³/mol. The van der Waals surface area contributed by atoms with Crippen LogP contribution in [0.15, 0.2) is 30.5 Å². The van der Waals surface area contributed by atoms with E-state index >= 15 is 0 Å². The van der Waals surface area contributed by atoms with Gasteiger partial charge < -0.3 is 4.74 Å². The normalized spacial score (nSPS) is 23.4. The molecule has 2 heterocycles. The Kier molecular flexibility index (Phi) is 6.71. The molecule has 2 aromatic rings. The summed E-state index contributed by atoms with van der Waals surface area (Å²) in [6.45, 7) is 4.85. The number of halogens is 2. The van der Waals surface area contributed by atoms with E-state index in [4.69, 9.17) is 4.74 Å². The van der Waals surface area contributed by atoms with Crippen molar-refractivity contribution in [1.82, 2.24) is 15.4 Å². The third-order valence-corrected chi connectivity index (χ3v) is 6.98. The molecule has 8 heteroatoms. The molecule has 1 aromatic carbocycles. The van der Waals surface area contributed by atoms with Crippen molar-refractivity contribution in [2.45, 2.75) is 50.4 Å². The molecule has 2 aliphatic rings. The van der Waals surface area contributed by atoms with Gasteiger partial charge in [0.25, 0.3) is 5.91 Å². The number of benzene rings is 1. The van der Waals surface area contributed by atoms with Crippen molar-refractivity contribution in [1.29, 1.82) is 0 Å². The number of amides is 1. The van der Waals surface area contributed by atoms with Crippen LogP contribution in [0.3, 0.4) is 0 Å². The van der Waals surface area contributed by atoms with E-state index in [9.17, 15) is 18.8 Å². The average molecular weight is 446 g/mol. The van der Waals surface area contributed by atoms with Crippen LogP contribution in [0.5, 0.6) is 5.88 Å². The van der Waals surface area contributed by atoms with Crippen LogP contribution in [0.25, 0.3) is 0 Å². The maximum absolute atomic E-state index is 14.7. The van der Waals surface area contributed by atoms with E-state index < -0.39 is 23.0 Å². The summed E-state index contributed by atoms with van der Waals surface area (Å²) in [5, 5.41) is 9.39. The fraction of sp³-hybridized carbons (Fsp3) is 0.500. The van der Waals surface area contributed by atoms with E-state index in [0.717, 1.165) is 19.6 Å². The van der Waals surface area contributed by atoms with Gasteiger partial charge >= 0.3 is 0 Å². The summed E-state index contributed by atoms with van der Waals surface area (Å²) in [5.74, 6) is -1.69. The number of aromatic nitrogens is 1. The van der Waals surface area contributed by atoms with Gasteiger partial charge in [0.05, 0.1) is 5.41 Å². The number of nitrogens with one attached hydrogen (secondary N) is 1. The molecule has 2 atom stereocenters. The topological polar surface area (TPSA) is 74.7 Å². The van der Waals surface area contributed by atoms with Gasteiger partial charge in [-0.1, -0.05) is 12.1 Å². The molecule has 1 amide bonds. The van der Waals surface area contributed by atoms with Crippen molar-refractivity contribution in [3.8, 4) is 5.88 Å². The Morgan fingerprint density at radius 1 is 1.31 bits per heavy atom. The molecule has 32 heavy (non-hydrogen) atoms. The fourth-order valence-electron chi connectivity index (χ4n) is 5.18. The molecule has 1 aliphatic carbocycles. The third kappa shape index (κ3) is 4.34. The molecule has 1 aromatic heterocycles. The van der Waals surface area contributed by atoms with Crippen LogP contribution in [0, 0.1) is 18.6 Å². The summed E-state index contributed by atoms with van der Waals surface area (Å²) in [7, 11) is 0. The van der Waals surface area contributed by atoms with Crippen LogP contribution in [0.1, 0.15) is 54.7 Å². The van der Waals surface area contributed by atoms with E-state index in [2.05, 4.69) is 9.88 Å². The highest BCUT2D eigenvalue weighted by molar-refractivity contribution is 5.88. The van der Waals surface area contributed by atoms with Gasteiger partial charge in [-0.05, 0) is 86.9 Å². The summed E-state index contributed by atoms with van der Waals surface area (Å²) >= 11 is 0. The molecular formula is C24H29F2N3O3. The van der Waals surface area contributed by atoms with Gasteiger partial charge in [-0.3, -0.25) is 14.9 Å². The van der Waals surface area contributed by atoms with Crippen LogP contribution in [-0.2, 0) is 10.2 Å². The average Bonchev–Trinajstić information content (AvgIpc) is 3.47. The monoisotopic (exact) mass is 445 g/mol. The maximum Gasteiger partial charge on any atom is 0.254 e. The van der Waals surface area contributed by atoms with Gasteiger partial charge in [-0.25, -0.2) is 19.2 Å². The highest BCUT2D eigenvalue weighted by Crippen LogP contribution is 2.49. The number of carbonyl (C=O) groups is 1. The van der Waals surface area contributed by atoms with Crippen LogP contribution < -0.4 is 10.2 Å². The molecule has 1 saturated carbocycles. The quantitative estimate of drug-likeness (QED) is 0.500. The fourth-order valence-corrected chi connectivity index (χ4v) is 5.18. The number of nitrogens with zero attached hydrogens (tertiary/aromatic N) is 2. The second-order valence-corrected chi connectivity index (χ2v) is 8.83. The van der Waals surface area contributed by atoms with Crippen molar-refractivity contribution < 1.29 is 23.5 Å². The van der Waals surface area contributed by atoms with Gasteiger partial charge in [0.15, 0.2) is 5.82 Å². The van der Waals surface area contributed by atoms with E-state index in [1.54, 1.807) is 30.7 Å². The Hall–Kier alpha value is -2.58. The Balaban J connectivity index is 1.50. The summed E-state index contributed by atoms with van der Waals surface area (Å²) in [6.07, 6.45) is 5.27. The van der Waals surface area contributed by atoms with Crippen molar-refractivity contribution in [2.24, 2.45) is 0 Å². The molecule has 1 saturated heterocycles. The minimum absolute atomic E-state index is 0.0220. The second-order valence-electron chi connectivity index (χ2n) is 8.83. The molecule has 6 nitrogen and oxygen atoms in total. The number of pyridine rings is 1. The number of hydrogen-bond donors (Lipinski definition) is 2. The number of likely N-dealkylation sites (tertiary alicyclic amines) is 1. The minimum atomic E-state index is -1.09. The van der Waals surface area contributed by atoms with E-state index in [1.807, 2.05) is 0 Å². The molecular weight excluding hydrogens is 416 g/mol. The summed E-state index contributed by atoms with van der Waals surface area (Å²) in [6, 6.07) is 6.03. The molecule has 0 unspecified atom stereocenters. The number of hydrogen-bond acceptors (Lipinski definition) is 5. The number of hydroxylamine groups is 1. The van der Waals surface area contributed by atoms with Crippen LogP contribution in [-0.4, -0.2) is 47.2 Å². The number of rotatable bonds is 7. The Bertz CT molecular complexity index is 981. The third-order valence-electron chi connectivity index (χ3n) is 6.98. The highest BCUT2D eigenvalue weighted by Gasteiger charge is 2.48. The molecule has 2 N–H and O–H groups in total. The molecule has 2 fully saturated rings. The van der Waals surface area contributed by atoms with Gasteiger partial charge in [0.2, 0.25) is 5.88 Å². The first kappa shape index (κ1) is 22.6. The van der Waals surface area contributed by atoms with Gasteiger partial charge in [-0.15, -0.1) is 0 Å². The van der Waals surface area contributed by atoms with Crippen molar-refractivity contribution in [3.05, 3.63) is 58.8 Å². The molecule has 0 bridgehead atoms. The predicted octanol–water partition coefficient (Wildman–Crippen LogP) is 3.85. The van der Waals surface area contributed by atoms with E-state index in [1.165, 1.54) is 25.0 Å². The van der Waals surface area contributed by atoms with Crippen LogP contribution >= 0.6 is 0 Å². The SMILES string of the molecule is Cc1c(F)cccc1[C@]1(C(=O)NO)CC[C@@H](c2cnc(OCCN3CCCC3)c(F)c2)C1. The lowest BCUT2D eigenvalue weighted by atomic mass is 9.75. The van der Waals surface area contributed by atoms with E-state index in [0.29, 0.717) is 42.6 Å². The summed E-state index contributed by atoms with van der Waals surface area (Å²) < 4.78 is 34.5. The lowest BCUT2D eigenvalue weighted by Gasteiger charge is -2.29. The molecule has 4 rings (SSSR count). The Labute approximate surface area is 186 Å². The standard InChI is InChI=1S/C24H29F2N3O3/c1-16-19(5-4-6-20(16)25)24(23(30)28-31)8-7-17(14-24)18-13-21(26)22(27-15-18)32-12-11-29-9-2-3-10-29/h4-6,13,15,17,31H,2-3,7-12,14H2,1H3,(H,28,30)/t17-,24+/m1/s1. The van der Waals surface area contributed by atoms with Crippen LogP contribution in [0.4, 0.5) is 8.78 Å². The van der Waals surface area contributed by atoms with Crippen LogP contribution in [0.2, 0.25) is 0 Å². The summed E-state index contributed by atoms with van der Waals surface area (Å²) in [4.78, 5) is 19.2. The molecule has 1 aliphatic heterocycles. The molecule has 0 radical (unpaired) electrons. The lowest BCUT2D eigenvalue weighted by molar-refractivity contribution is -0.135. The molecule has 0 spiro atoms. The zero-order valence-corrected chi connectivity index (χ0v) is 18.2. The van der Waals surface area contributed by atoms with E-state index in [-0.39, 0.29) is 11.8 Å². The maximum atomic E-state index is 14.7. The largest absolute Gasteiger partial charge is 0.474 e. The lowest BCUT2D eigenvalue weighted by Crippen LogP contribution is -2.42. The zero-order chi connectivity index (χ0) is 22.7. The first-order chi connectivity index (χ1) is 15.4. The van der Waals surface area contributed by atoms with Crippen molar-refractivity contribution in [3.63, 3.8) is 0 Å². The minimum Gasteiger partial charge on any atom is -0.474 e. The first-order valence-electron chi connectivity index (χ1n) is 11.2. The highest BCUT2D eigenvalue weighted by atomic mass is 19.1. The van der Waals surface area contributed by atoms with Gasteiger partial charge in [0, 0.05) is 12.7 Å². The number of carbonyl (C=O) groups excluding carboxylic acids is 1. The summed E-state index contributed by atoms with van der Waals surface area (Å²) in [5.41, 5.74) is 2.25. The molecule has 172 valence electrons.